The minimum Gasteiger partial charge on any atom is -0.465 e. The predicted octanol–water partition coefficient (Wildman–Crippen LogP) is 4.28. The summed E-state index contributed by atoms with van der Waals surface area (Å²) in [5.41, 5.74) is 2.81. The third-order valence-electron chi connectivity index (χ3n) is 2.55. The van der Waals surface area contributed by atoms with Gasteiger partial charge in [-0.15, -0.1) is 0 Å². The molecule has 1 rings (SSSR count). The van der Waals surface area contributed by atoms with Gasteiger partial charge in [0, 0.05) is 4.47 Å². The largest absolute Gasteiger partial charge is 0.465 e. The number of hydrogen-bond donors (Lipinski definition) is 0. The van der Waals surface area contributed by atoms with Gasteiger partial charge in [0.25, 0.3) is 0 Å². The Bertz CT molecular complexity index is 467. The Morgan fingerprint density at radius 2 is 2.17 bits per heavy atom. The van der Waals surface area contributed by atoms with Crippen molar-refractivity contribution in [3.05, 3.63) is 51.5 Å². The Balaban J connectivity index is 3.04. The normalized spacial score (nSPS) is 11.9. The summed E-state index contributed by atoms with van der Waals surface area (Å²) in [4.78, 5) is 11.5. The molecule has 0 aliphatic heterocycles. The highest BCUT2D eigenvalue weighted by molar-refractivity contribution is 9.10. The zero-order valence-corrected chi connectivity index (χ0v) is 12.5. The molecule has 0 spiro atoms. The molecule has 0 unspecified atom stereocenters. The first-order valence-corrected chi connectivity index (χ1v) is 6.61. The second kappa shape index (κ2) is 7.17. The smallest absolute Gasteiger partial charge is 0.337 e. The first kappa shape index (κ1) is 14.7. The minimum absolute atomic E-state index is 0.308. The fraction of sp³-hybridized carbons (Fsp3) is 0.267. The topological polar surface area (TPSA) is 26.3 Å². The number of halogens is 1. The van der Waals surface area contributed by atoms with E-state index in [4.69, 9.17) is 4.74 Å². The lowest BCUT2D eigenvalue weighted by Gasteiger charge is -2.04. The molecule has 0 saturated heterocycles. The Kier molecular flexibility index (Phi) is 5.86. The molecule has 96 valence electrons. The number of methoxy groups -OCH3 is 1. The molecule has 0 fully saturated rings. The molecule has 0 atom stereocenters. The summed E-state index contributed by atoms with van der Waals surface area (Å²) in [6, 6.07) is 6.00. The van der Waals surface area contributed by atoms with E-state index in [1.54, 1.807) is 6.08 Å². The van der Waals surface area contributed by atoms with Crippen LogP contribution in [-0.4, -0.2) is 13.1 Å². The number of carbonyl (C=O) groups is 1. The van der Waals surface area contributed by atoms with E-state index in [0.717, 1.165) is 22.0 Å². The van der Waals surface area contributed by atoms with Crippen molar-refractivity contribution in [2.24, 2.45) is 0 Å². The SMILES string of the molecule is CC/C=C(/C=C\c1c(C)cccc1Br)C(=O)OC. The number of benzene rings is 1. The first-order chi connectivity index (χ1) is 8.60. The quantitative estimate of drug-likeness (QED) is 0.471. The minimum atomic E-state index is -0.308. The van der Waals surface area contributed by atoms with E-state index in [0.29, 0.717) is 5.57 Å². The molecule has 0 bridgehead atoms. The monoisotopic (exact) mass is 308 g/mol. The third kappa shape index (κ3) is 3.84. The fourth-order valence-corrected chi connectivity index (χ4v) is 2.18. The number of aryl methyl sites for hydroxylation is 1. The molecule has 3 heteroatoms. The average Bonchev–Trinajstić information content (AvgIpc) is 2.36. The van der Waals surface area contributed by atoms with Gasteiger partial charge in [-0.25, -0.2) is 4.79 Å². The highest BCUT2D eigenvalue weighted by Gasteiger charge is 2.05. The van der Waals surface area contributed by atoms with Gasteiger partial charge in [0.05, 0.1) is 12.7 Å². The van der Waals surface area contributed by atoms with Crippen LogP contribution in [-0.2, 0) is 9.53 Å². The zero-order chi connectivity index (χ0) is 13.5. The van der Waals surface area contributed by atoms with Crippen LogP contribution in [0.4, 0.5) is 0 Å². The van der Waals surface area contributed by atoms with Gasteiger partial charge in [-0.3, -0.25) is 0 Å². The molecular formula is C15H17BrO2. The Labute approximate surface area is 116 Å². The van der Waals surface area contributed by atoms with Gasteiger partial charge < -0.3 is 4.74 Å². The third-order valence-corrected chi connectivity index (χ3v) is 3.24. The van der Waals surface area contributed by atoms with Crippen molar-refractivity contribution in [1.82, 2.24) is 0 Å². The predicted molar refractivity (Wildman–Crippen MR) is 78.3 cm³/mol. The number of carbonyl (C=O) groups excluding carboxylic acids is 1. The van der Waals surface area contributed by atoms with E-state index < -0.39 is 0 Å². The summed E-state index contributed by atoms with van der Waals surface area (Å²) in [5.74, 6) is -0.308. The van der Waals surface area contributed by atoms with Gasteiger partial charge in [0.1, 0.15) is 0 Å². The molecule has 0 radical (unpaired) electrons. The van der Waals surface area contributed by atoms with Crippen molar-refractivity contribution < 1.29 is 9.53 Å². The lowest BCUT2D eigenvalue weighted by atomic mass is 10.1. The maximum atomic E-state index is 11.5. The second-order valence-electron chi connectivity index (χ2n) is 3.86. The molecule has 0 saturated carbocycles. The number of ether oxygens (including phenoxy) is 1. The lowest BCUT2D eigenvalue weighted by molar-refractivity contribution is -0.135. The van der Waals surface area contributed by atoms with Crippen LogP contribution in [0.5, 0.6) is 0 Å². The maximum Gasteiger partial charge on any atom is 0.337 e. The van der Waals surface area contributed by atoms with Crippen LogP contribution < -0.4 is 0 Å². The molecule has 0 amide bonds. The van der Waals surface area contributed by atoms with Crippen molar-refractivity contribution in [2.75, 3.05) is 7.11 Å². The van der Waals surface area contributed by atoms with E-state index in [-0.39, 0.29) is 5.97 Å². The van der Waals surface area contributed by atoms with Crippen LogP contribution >= 0.6 is 15.9 Å². The highest BCUT2D eigenvalue weighted by Crippen LogP contribution is 2.22. The number of esters is 1. The molecule has 0 aliphatic rings. The van der Waals surface area contributed by atoms with E-state index >= 15 is 0 Å². The van der Waals surface area contributed by atoms with Crippen LogP contribution in [0.2, 0.25) is 0 Å². The van der Waals surface area contributed by atoms with Gasteiger partial charge in [0.2, 0.25) is 0 Å². The van der Waals surface area contributed by atoms with Crippen molar-refractivity contribution in [3.63, 3.8) is 0 Å². The summed E-state index contributed by atoms with van der Waals surface area (Å²) >= 11 is 3.50. The Hall–Kier alpha value is -1.35. The van der Waals surface area contributed by atoms with Crippen LogP contribution in [0.25, 0.3) is 6.08 Å². The molecule has 1 aromatic carbocycles. The van der Waals surface area contributed by atoms with Crippen molar-refractivity contribution in [3.8, 4) is 0 Å². The van der Waals surface area contributed by atoms with Crippen LogP contribution in [0.1, 0.15) is 24.5 Å². The van der Waals surface area contributed by atoms with E-state index in [1.807, 2.05) is 44.2 Å². The first-order valence-electron chi connectivity index (χ1n) is 5.81. The molecular weight excluding hydrogens is 292 g/mol. The van der Waals surface area contributed by atoms with Gasteiger partial charge in [-0.2, -0.15) is 0 Å². The lowest BCUT2D eigenvalue weighted by Crippen LogP contribution is -2.02. The summed E-state index contributed by atoms with van der Waals surface area (Å²) in [7, 11) is 1.39. The average molecular weight is 309 g/mol. The van der Waals surface area contributed by atoms with Gasteiger partial charge in [-0.1, -0.05) is 47.1 Å². The molecule has 1 aromatic rings. The van der Waals surface area contributed by atoms with Crippen LogP contribution in [0.15, 0.2) is 40.4 Å². The standard InChI is InChI=1S/C15H17BrO2/c1-4-6-12(15(17)18-3)9-10-13-11(2)7-5-8-14(13)16/h5-10H,4H2,1-3H3/b10-9-,12-6-. The fourth-order valence-electron chi connectivity index (χ4n) is 1.59. The molecule has 0 heterocycles. The van der Waals surface area contributed by atoms with Crippen molar-refractivity contribution in [1.29, 1.82) is 0 Å². The molecule has 0 N–H and O–H groups in total. The highest BCUT2D eigenvalue weighted by atomic mass is 79.9. The van der Waals surface area contributed by atoms with Gasteiger partial charge in [-0.05, 0) is 36.6 Å². The molecule has 0 aromatic heterocycles. The second-order valence-corrected chi connectivity index (χ2v) is 4.72. The van der Waals surface area contributed by atoms with Crippen LogP contribution in [0.3, 0.4) is 0 Å². The van der Waals surface area contributed by atoms with Gasteiger partial charge >= 0.3 is 5.97 Å². The van der Waals surface area contributed by atoms with Crippen molar-refractivity contribution in [2.45, 2.75) is 20.3 Å². The summed E-state index contributed by atoms with van der Waals surface area (Å²) in [6.45, 7) is 4.02. The van der Waals surface area contributed by atoms with E-state index in [9.17, 15) is 4.79 Å². The maximum absolute atomic E-state index is 11.5. The zero-order valence-electron chi connectivity index (χ0n) is 10.9. The van der Waals surface area contributed by atoms with Gasteiger partial charge in [0.15, 0.2) is 0 Å². The number of allylic oxidation sites excluding steroid dienone is 1. The number of rotatable bonds is 4. The van der Waals surface area contributed by atoms with E-state index in [1.165, 1.54) is 7.11 Å². The van der Waals surface area contributed by atoms with Crippen molar-refractivity contribution >= 4 is 28.0 Å². The Morgan fingerprint density at radius 3 is 2.72 bits per heavy atom. The number of hydrogen-bond acceptors (Lipinski definition) is 2. The Morgan fingerprint density at radius 1 is 1.44 bits per heavy atom. The molecule has 0 aliphatic carbocycles. The summed E-state index contributed by atoms with van der Waals surface area (Å²) in [5, 5.41) is 0. The van der Waals surface area contributed by atoms with Crippen LogP contribution in [0, 0.1) is 6.92 Å². The summed E-state index contributed by atoms with van der Waals surface area (Å²) in [6.07, 6.45) is 6.37. The summed E-state index contributed by atoms with van der Waals surface area (Å²) < 4.78 is 5.76. The molecule has 2 nitrogen and oxygen atoms in total. The van der Waals surface area contributed by atoms with E-state index in [2.05, 4.69) is 15.9 Å². The molecule has 18 heavy (non-hydrogen) atoms.